The fourth-order valence-corrected chi connectivity index (χ4v) is 2.66. The van der Waals surface area contributed by atoms with Crippen LogP contribution in [0.2, 0.25) is 0 Å². The summed E-state index contributed by atoms with van der Waals surface area (Å²) < 4.78 is 0. The summed E-state index contributed by atoms with van der Waals surface area (Å²) in [5, 5.41) is 22.7. The first-order chi connectivity index (χ1) is 9.81. The van der Waals surface area contributed by atoms with Crippen LogP contribution in [0.15, 0.2) is 12.5 Å². The molecule has 2 rings (SSSR count). The largest absolute Gasteiger partial charge is 0.478 e. The van der Waals surface area contributed by atoms with Crippen LogP contribution in [0, 0.1) is 5.41 Å². The van der Waals surface area contributed by atoms with Crippen LogP contribution >= 0.6 is 0 Å². The van der Waals surface area contributed by atoms with E-state index in [1.165, 1.54) is 12.5 Å². The van der Waals surface area contributed by atoms with Crippen LogP contribution < -0.4 is 5.32 Å². The van der Waals surface area contributed by atoms with Gasteiger partial charge in [-0.1, -0.05) is 13.8 Å². The molecule has 0 radical (unpaired) electrons. The third kappa shape index (κ3) is 4.22. The van der Waals surface area contributed by atoms with Gasteiger partial charge in [0, 0.05) is 19.3 Å². The minimum atomic E-state index is -1.04. The van der Waals surface area contributed by atoms with E-state index in [4.69, 9.17) is 5.11 Å². The summed E-state index contributed by atoms with van der Waals surface area (Å²) in [6, 6.07) is 0. The fourth-order valence-electron chi connectivity index (χ4n) is 2.66. The molecule has 1 heterocycles. The predicted octanol–water partition coefficient (Wildman–Crippen LogP) is 1.60. The third-order valence-electron chi connectivity index (χ3n) is 4.31. The van der Waals surface area contributed by atoms with Gasteiger partial charge >= 0.3 is 5.97 Å². The molecule has 0 unspecified atom stereocenters. The minimum absolute atomic E-state index is 0.0989. The van der Waals surface area contributed by atoms with E-state index in [2.05, 4.69) is 29.1 Å². The van der Waals surface area contributed by atoms with Crippen molar-refractivity contribution in [2.75, 3.05) is 6.54 Å². The van der Waals surface area contributed by atoms with Crippen LogP contribution in [0.5, 0.6) is 0 Å². The Kier molecular flexibility index (Phi) is 4.58. The molecule has 6 heteroatoms. The van der Waals surface area contributed by atoms with Crippen molar-refractivity contribution in [1.29, 1.82) is 0 Å². The van der Waals surface area contributed by atoms with Gasteiger partial charge in [0.05, 0.1) is 11.3 Å². The monoisotopic (exact) mass is 293 g/mol. The molecule has 1 fully saturated rings. The molecule has 0 bridgehead atoms. The van der Waals surface area contributed by atoms with E-state index in [1.54, 1.807) is 0 Å². The number of aromatic carboxylic acids is 1. The lowest BCUT2D eigenvalue weighted by atomic mass is 9.71. The number of hydrogen-bond donors (Lipinski definition) is 3. The van der Waals surface area contributed by atoms with Crippen molar-refractivity contribution in [2.24, 2.45) is 5.41 Å². The zero-order valence-corrected chi connectivity index (χ0v) is 12.6. The molecule has 1 aromatic heterocycles. The van der Waals surface area contributed by atoms with E-state index in [0.29, 0.717) is 24.2 Å². The minimum Gasteiger partial charge on any atom is -0.478 e. The molecule has 3 N–H and O–H groups in total. The van der Waals surface area contributed by atoms with Crippen molar-refractivity contribution in [3.8, 4) is 0 Å². The highest BCUT2D eigenvalue weighted by Gasteiger charge is 2.36. The Hall–Kier alpha value is -1.53. The molecular weight excluding hydrogens is 270 g/mol. The van der Waals surface area contributed by atoms with Gasteiger partial charge in [0.15, 0.2) is 0 Å². The summed E-state index contributed by atoms with van der Waals surface area (Å²) in [6.45, 7) is 5.21. The molecule has 0 spiro atoms. The van der Waals surface area contributed by atoms with Gasteiger partial charge in [0.2, 0.25) is 0 Å². The van der Waals surface area contributed by atoms with Crippen LogP contribution in [0.1, 0.15) is 55.6 Å². The van der Waals surface area contributed by atoms with Crippen LogP contribution in [0.25, 0.3) is 0 Å². The van der Waals surface area contributed by atoms with Crippen LogP contribution in [-0.4, -0.2) is 38.3 Å². The zero-order chi connectivity index (χ0) is 15.5. The molecule has 1 aliphatic rings. The SMILES string of the molecule is CC1(C)CCC(O)(CNCc2ncncc2C(=O)O)CC1. The van der Waals surface area contributed by atoms with Crippen molar-refractivity contribution < 1.29 is 15.0 Å². The Morgan fingerprint density at radius 1 is 1.33 bits per heavy atom. The first-order valence-electron chi connectivity index (χ1n) is 7.27. The molecule has 1 saturated carbocycles. The molecule has 0 aromatic carbocycles. The third-order valence-corrected chi connectivity index (χ3v) is 4.31. The van der Waals surface area contributed by atoms with E-state index >= 15 is 0 Å². The number of carboxylic acid groups (broad SMARTS) is 1. The van der Waals surface area contributed by atoms with Crippen molar-refractivity contribution in [2.45, 2.75) is 51.7 Å². The second kappa shape index (κ2) is 6.07. The molecule has 0 amide bonds. The smallest absolute Gasteiger partial charge is 0.339 e. The zero-order valence-electron chi connectivity index (χ0n) is 12.6. The lowest BCUT2D eigenvalue weighted by molar-refractivity contribution is -0.0245. The Bertz CT molecular complexity index is 507. The second-order valence-electron chi connectivity index (χ2n) is 6.68. The van der Waals surface area contributed by atoms with Gasteiger partial charge in [-0.2, -0.15) is 0 Å². The van der Waals surface area contributed by atoms with Gasteiger partial charge < -0.3 is 15.5 Å². The molecule has 0 saturated heterocycles. The van der Waals surface area contributed by atoms with Crippen LogP contribution in [0.3, 0.4) is 0 Å². The van der Waals surface area contributed by atoms with Crippen molar-refractivity contribution in [1.82, 2.24) is 15.3 Å². The molecule has 6 nitrogen and oxygen atoms in total. The highest BCUT2D eigenvalue weighted by Crippen LogP contribution is 2.39. The molecule has 116 valence electrons. The Balaban J connectivity index is 1.89. The molecule has 1 aromatic rings. The predicted molar refractivity (Wildman–Crippen MR) is 77.9 cm³/mol. The van der Waals surface area contributed by atoms with Crippen molar-refractivity contribution >= 4 is 5.97 Å². The Morgan fingerprint density at radius 3 is 2.62 bits per heavy atom. The second-order valence-corrected chi connectivity index (χ2v) is 6.68. The fraction of sp³-hybridized carbons (Fsp3) is 0.667. The van der Waals surface area contributed by atoms with Gasteiger partial charge in [-0.05, 0) is 31.1 Å². The van der Waals surface area contributed by atoms with Gasteiger partial charge in [-0.25, -0.2) is 14.8 Å². The van der Waals surface area contributed by atoms with Gasteiger partial charge in [0.1, 0.15) is 11.9 Å². The summed E-state index contributed by atoms with van der Waals surface area (Å²) in [5.41, 5.74) is 0.139. The highest BCUT2D eigenvalue weighted by atomic mass is 16.4. The average Bonchev–Trinajstić information content (AvgIpc) is 2.43. The topological polar surface area (TPSA) is 95.3 Å². The van der Waals surface area contributed by atoms with E-state index < -0.39 is 11.6 Å². The Labute approximate surface area is 124 Å². The molecule has 1 aliphatic carbocycles. The molecule has 0 aliphatic heterocycles. The number of nitrogens with one attached hydrogen (secondary N) is 1. The quantitative estimate of drug-likeness (QED) is 0.763. The summed E-state index contributed by atoms with van der Waals surface area (Å²) in [6.07, 6.45) is 6.16. The van der Waals surface area contributed by atoms with Gasteiger partial charge in [-0.15, -0.1) is 0 Å². The highest BCUT2D eigenvalue weighted by molar-refractivity contribution is 5.88. The van der Waals surface area contributed by atoms with Crippen LogP contribution in [0.4, 0.5) is 0 Å². The summed E-state index contributed by atoms with van der Waals surface area (Å²) in [7, 11) is 0. The number of aromatic nitrogens is 2. The van der Waals surface area contributed by atoms with E-state index in [9.17, 15) is 9.90 Å². The van der Waals surface area contributed by atoms with Gasteiger partial charge in [0.25, 0.3) is 0 Å². The molecule has 21 heavy (non-hydrogen) atoms. The number of rotatable bonds is 5. The number of aliphatic hydroxyl groups is 1. The maximum absolute atomic E-state index is 11.1. The lowest BCUT2D eigenvalue weighted by Crippen LogP contribution is -2.45. The van der Waals surface area contributed by atoms with Gasteiger partial charge in [-0.3, -0.25) is 0 Å². The lowest BCUT2D eigenvalue weighted by Gasteiger charge is -2.40. The van der Waals surface area contributed by atoms with E-state index in [1.807, 2.05) is 0 Å². The maximum Gasteiger partial charge on any atom is 0.339 e. The summed E-state index contributed by atoms with van der Waals surface area (Å²) >= 11 is 0. The number of carbonyl (C=O) groups is 1. The Morgan fingerprint density at radius 2 is 2.00 bits per heavy atom. The van der Waals surface area contributed by atoms with Crippen molar-refractivity contribution in [3.05, 3.63) is 23.8 Å². The summed E-state index contributed by atoms with van der Waals surface area (Å²) in [5.74, 6) is -1.04. The standard InChI is InChI=1S/C15H23N3O3/c1-14(2)3-5-15(21,6-4-14)9-16-8-12-11(13(19)20)7-17-10-18-12/h7,10,16,21H,3-6,8-9H2,1-2H3,(H,19,20). The number of carboxylic acids is 1. The molecule has 0 atom stereocenters. The first kappa shape index (κ1) is 15.9. The maximum atomic E-state index is 11.1. The van der Waals surface area contributed by atoms with Crippen molar-refractivity contribution in [3.63, 3.8) is 0 Å². The normalized spacial score (nSPS) is 20.1. The number of hydrogen-bond acceptors (Lipinski definition) is 5. The summed E-state index contributed by atoms with van der Waals surface area (Å²) in [4.78, 5) is 18.8. The average molecular weight is 293 g/mol. The van der Waals surface area contributed by atoms with E-state index in [-0.39, 0.29) is 5.56 Å². The first-order valence-corrected chi connectivity index (χ1v) is 7.27. The number of nitrogens with zero attached hydrogens (tertiary/aromatic N) is 2. The van der Waals surface area contributed by atoms with E-state index in [0.717, 1.165) is 25.7 Å². The van der Waals surface area contributed by atoms with Crippen LogP contribution in [-0.2, 0) is 6.54 Å². The molecular formula is C15H23N3O3.